The van der Waals surface area contributed by atoms with Gasteiger partial charge in [-0.05, 0) is 38.8 Å². The van der Waals surface area contributed by atoms with Gasteiger partial charge >= 0.3 is 0 Å². The Labute approximate surface area is 126 Å². The summed E-state index contributed by atoms with van der Waals surface area (Å²) in [7, 11) is 0. The van der Waals surface area contributed by atoms with Gasteiger partial charge in [0, 0.05) is 24.8 Å². The van der Waals surface area contributed by atoms with Crippen molar-refractivity contribution in [3.05, 3.63) is 39.9 Å². The number of non-ortho nitro benzene ring substituents is 1. The Morgan fingerprint density at radius 1 is 1.38 bits per heavy atom. The van der Waals surface area contributed by atoms with Gasteiger partial charge in [-0.2, -0.15) is 0 Å². The summed E-state index contributed by atoms with van der Waals surface area (Å²) >= 11 is 0. The van der Waals surface area contributed by atoms with Gasteiger partial charge in [-0.3, -0.25) is 10.1 Å². The van der Waals surface area contributed by atoms with Crippen LogP contribution in [0.1, 0.15) is 51.6 Å². The average Bonchev–Trinajstić information content (AvgIpc) is 2.45. The molecule has 1 N–H and O–H groups in total. The van der Waals surface area contributed by atoms with E-state index in [9.17, 15) is 10.1 Å². The van der Waals surface area contributed by atoms with E-state index in [2.05, 4.69) is 12.2 Å². The Bertz CT molecular complexity index is 435. The molecule has 0 aliphatic carbocycles. The average molecular weight is 294 g/mol. The van der Waals surface area contributed by atoms with E-state index in [4.69, 9.17) is 4.74 Å². The number of nitrogens with one attached hydrogen (secondary N) is 1. The molecule has 0 heterocycles. The highest BCUT2D eigenvalue weighted by molar-refractivity contribution is 5.35. The number of rotatable bonds is 10. The Hall–Kier alpha value is -1.46. The quantitative estimate of drug-likeness (QED) is 0.404. The van der Waals surface area contributed by atoms with Gasteiger partial charge in [0.1, 0.15) is 0 Å². The molecule has 0 spiro atoms. The van der Waals surface area contributed by atoms with Crippen LogP contribution in [0.25, 0.3) is 0 Å². The van der Waals surface area contributed by atoms with Crippen LogP contribution in [0, 0.1) is 10.1 Å². The van der Waals surface area contributed by atoms with Gasteiger partial charge in [-0.15, -0.1) is 0 Å². The third-order valence-corrected chi connectivity index (χ3v) is 3.22. The van der Waals surface area contributed by atoms with E-state index in [1.807, 2.05) is 19.9 Å². The Morgan fingerprint density at radius 2 is 2.14 bits per heavy atom. The van der Waals surface area contributed by atoms with Gasteiger partial charge in [0.05, 0.1) is 11.0 Å². The predicted octanol–water partition coefficient (Wildman–Crippen LogP) is 3.84. The molecule has 0 aliphatic heterocycles. The van der Waals surface area contributed by atoms with E-state index >= 15 is 0 Å². The minimum atomic E-state index is -0.344. The first-order valence-electron chi connectivity index (χ1n) is 7.64. The first-order valence-corrected chi connectivity index (χ1v) is 7.64. The summed E-state index contributed by atoms with van der Waals surface area (Å²) in [5, 5.41) is 14.3. The predicted molar refractivity (Wildman–Crippen MR) is 84.5 cm³/mol. The molecule has 1 aromatic carbocycles. The van der Waals surface area contributed by atoms with Crippen molar-refractivity contribution in [1.29, 1.82) is 0 Å². The number of hydrogen-bond acceptors (Lipinski definition) is 4. The molecule has 1 unspecified atom stereocenters. The lowest BCUT2D eigenvalue weighted by Crippen LogP contribution is -2.23. The lowest BCUT2D eigenvalue weighted by atomic mass is 10.0. The van der Waals surface area contributed by atoms with Crippen molar-refractivity contribution < 1.29 is 9.66 Å². The highest BCUT2D eigenvalue weighted by atomic mass is 16.6. The lowest BCUT2D eigenvalue weighted by Gasteiger charge is -2.18. The molecule has 1 atom stereocenters. The largest absolute Gasteiger partial charge is 0.379 e. The lowest BCUT2D eigenvalue weighted by molar-refractivity contribution is -0.384. The van der Waals surface area contributed by atoms with Crippen LogP contribution in [0.5, 0.6) is 0 Å². The van der Waals surface area contributed by atoms with Crippen molar-refractivity contribution in [2.45, 2.75) is 52.2 Å². The van der Waals surface area contributed by atoms with Gasteiger partial charge in [0.2, 0.25) is 0 Å². The fraction of sp³-hybridized carbons (Fsp3) is 0.625. The molecule has 0 aromatic heterocycles. The smallest absolute Gasteiger partial charge is 0.269 e. The van der Waals surface area contributed by atoms with E-state index in [1.54, 1.807) is 12.1 Å². The van der Waals surface area contributed by atoms with E-state index in [0.717, 1.165) is 38.0 Å². The molecule has 0 fully saturated rings. The topological polar surface area (TPSA) is 64.4 Å². The number of nitro benzene ring substituents is 1. The standard InChI is InChI=1S/C16H26N2O3/c1-4-7-16(17-10-6-11-21-13(2)3)14-8-5-9-15(12-14)18(19)20/h5,8-9,12-13,16-17H,4,6-7,10-11H2,1-3H3. The number of nitrogens with zero attached hydrogens (tertiary/aromatic N) is 1. The van der Waals surface area contributed by atoms with Crippen molar-refractivity contribution in [3.8, 4) is 0 Å². The van der Waals surface area contributed by atoms with Crippen molar-refractivity contribution in [3.63, 3.8) is 0 Å². The van der Waals surface area contributed by atoms with Crippen LogP contribution in [-0.2, 0) is 4.74 Å². The van der Waals surface area contributed by atoms with Gasteiger partial charge in [0.25, 0.3) is 5.69 Å². The van der Waals surface area contributed by atoms with Crippen molar-refractivity contribution in [1.82, 2.24) is 5.32 Å². The van der Waals surface area contributed by atoms with Crippen molar-refractivity contribution in [2.24, 2.45) is 0 Å². The number of ether oxygens (including phenoxy) is 1. The zero-order valence-electron chi connectivity index (χ0n) is 13.2. The van der Waals surface area contributed by atoms with Gasteiger partial charge in [0.15, 0.2) is 0 Å². The molecule has 1 rings (SSSR count). The van der Waals surface area contributed by atoms with Crippen LogP contribution in [0.2, 0.25) is 0 Å². The van der Waals surface area contributed by atoms with Crippen LogP contribution in [-0.4, -0.2) is 24.2 Å². The van der Waals surface area contributed by atoms with Crippen LogP contribution >= 0.6 is 0 Å². The molecule has 5 heteroatoms. The molecule has 0 bridgehead atoms. The molecule has 1 aromatic rings. The summed E-state index contributed by atoms with van der Waals surface area (Å²) in [6.45, 7) is 7.75. The second kappa shape index (κ2) is 9.47. The van der Waals surface area contributed by atoms with E-state index in [0.29, 0.717) is 0 Å². The second-order valence-corrected chi connectivity index (χ2v) is 5.42. The first-order chi connectivity index (χ1) is 10.0. The van der Waals surface area contributed by atoms with E-state index in [-0.39, 0.29) is 22.8 Å². The highest BCUT2D eigenvalue weighted by Gasteiger charge is 2.13. The third-order valence-electron chi connectivity index (χ3n) is 3.22. The summed E-state index contributed by atoms with van der Waals surface area (Å²) < 4.78 is 5.51. The molecule has 0 amide bonds. The van der Waals surface area contributed by atoms with Gasteiger partial charge < -0.3 is 10.1 Å². The molecular formula is C16H26N2O3. The van der Waals surface area contributed by atoms with E-state index < -0.39 is 0 Å². The number of hydrogen-bond donors (Lipinski definition) is 1. The molecule has 0 saturated heterocycles. The zero-order valence-corrected chi connectivity index (χ0v) is 13.2. The normalized spacial score (nSPS) is 12.6. The zero-order chi connectivity index (χ0) is 15.7. The maximum Gasteiger partial charge on any atom is 0.269 e. The first kappa shape index (κ1) is 17.6. The van der Waals surface area contributed by atoms with Gasteiger partial charge in [-0.25, -0.2) is 0 Å². The van der Waals surface area contributed by atoms with Crippen LogP contribution in [0.4, 0.5) is 5.69 Å². The Kier molecular flexibility index (Phi) is 7.93. The molecule has 21 heavy (non-hydrogen) atoms. The Balaban J connectivity index is 2.56. The molecular weight excluding hydrogens is 268 g/mol. The monoisotopic (exact) mass is 294 g/mol. The summed E-state index contributed by atoms with van der Waals surface area (Å²) in [6, 6.07) is 7.06. The maximum atomic E-state index is 10.9. The van der Waals surface area contributed by atoms with Crippen molar-refractivity contribution >= 4 is 5.69 Å². The Morgan fingerprint density at radius 3 is 2.76 bits per heavy atom. The minimum absolute atomic E-state index is 0.151. The summed E-state index contributed by atoms with van der Waals surface area (Å²) in [5.41, 5.74) is 1.13. The minimum Gasteiger partial charge on any atom is -0.379 e. The van der Waals surface area contributed by atoms with Crippen LogP contribution in [0.3, 0.4) is 0 Å². The second-order valence-electron chi connectivity index (χ2n) is 5.42. The summed E-state index contributed by atoms with van der Waals surface area (Å²) in [5.74, 6) is 0. The molecule has 0 saturated carbocycles. The fourth-order valence-corrected chi connectivity index (χ4v) is 2.20. The van der Waals surface area contributed by atoms with Crippen molar-refractivity contribution in [2.75, 3.05) is 13.2 Å². The summed E-state index contributed by atoms with van der Waals surface area (Å²) in [4.78, 5) is 10.5. The number of benzene rings is 1. The van der Waals surface area contributed by atoms with Crippen LogP contribution < -0.4 is 5.32 Å². The summed E-state index contributed by atoms with van der Waals surface area (Å²) in [6.07, 6.45) is 3.19. The molecule has 5 nitrogen and oxygen atoms in total. The highest BCUT2D eigenvalue weighted by Crippen LogP contribution is 2.22. The van der Waals surface area contributed by atoms with Gasteiger partial charge in [-0.1, -0.05) is 25.5 Å². The van der Waals surface area contributed by atoms with E-state index in [1.165, 1.54) is 6.07 Å². The maximum absolute atomic E-state index is 10.9. The number of nitro groups is 1. The molecule has 0 radical (unpaired) electrons. The third kappa shape index (κ3) is 6.69. The van der Waals surface area contributed by atoms with Crippen LogP contribution in [0.15, 0.2) is 24.3 Å². The molecule has 118 valence electrons. The fourth-order valence-electron chi connectivity index (χ4n) is 2.20. The molecule has 0 aliphatic rings. The SMILES string of the molecule is CCCC(NCCCOC(C)C)c1cccc([N+](=O)[O-])c1.